The largest absolute Gasteiger partial charge is 0.368 e. The number of hydrogen-bond acceptors (Lipinski definition) is 5. The first-order chi connectivity index (χ1) is 12.1. The molecule has 8 nitrogen and oxygen atoms in total. The third-order valence-corrected chi connectivity index (χ3v) is 3.51. The number of carbonyl (C=O) groups excluding carboxylic acids is 2. The van der Waals surface area contributed by atoms with Crippen LogP contribution in [0.15, 0.2) is 59.4 Å². The van der Waals surface area contributed by atoms with Gasteiger partial charge in [0, 0.05) is 5.56 Å². The van der Waals surface area contributed by atoms with E-state index in [1.54, 1.807) is 48.5 Å². The molecule has 3 rings (SSSR count). The number of nitrogens with one attached hydrogen (secondary N) is 1. The van der Waals surface area contributed by atoms with E-state index in [1.807, 2.05) is 6.07 Å². The number of anilines is 1. The molecule has 0 aliphatic rings. The van der Waals surface area contributed by atoms with Crippen molar-refractivity contribution >= 4 is 17.4 Å². The standard InChI is InChI=1S/C17H15N5O3/c1-12(23)14-9-5-6-10-15(14)18-16(24)11-21-17(25)22(20-19-21)13-7-3-2-4-8-13/h2-10H,11H2,1H3,(H,18,24). The molecule has 0 spiro atoms. The lowest BCUT2D eigenvalue weighted by atomic mass is 10.1. The van der Waals surface area contributed by atoms with Crippen LogP contribution in [0.3, 0.4) is 0 Å². The Hall–Kier alpha value is -3.55. The van der Waals surface area contributed by atoms with Crippen molar-refractivity contribution < 1.29 is 9.59 Å². The van der Waals surface area contributed by atoms with Gasteiger partial charge in [-0.15, -0.1) is 0 Å². The number of Topliss-reactive ketones (excluding diaryl/α,β-unsaturated/α-hetero) is 1. The number of nitrogens with zero attached hydrogens (tertiary/aromatic N) is 4. The molecule has 0 bridgehead atoms. The predicted octanol–water partition coefficient (Wildman–Crippen LogP) is 1.27. The Morgan fingerprint density at radius 3 is 2.40 bits per heavy atom. The first kappa shape index (κ1) is 16.3. The smallest absolute Gasteiger partial charge is 0.324 e. The number of rotatable bonds is 5. The molecule has 1 amide bonds. The first-order valence-corrected chi connectivity index (χ1v) is 7.54. The van der Waals surface area contributed by atoms with Gasteiger partial charge in [-0.3, -0.25) is 9.59 Å². The van der Waals surface area contributed by atoms with Crippen LogP contribution in [0.2, 0.25) is 0 Å². The highest BCUT2D eigenvalue weighted by Gasteiger charge is 2.14. The van der Waals surface area contributed by atoms with E-state index < -0.39 is 11.6 Å². The summed E-state index contributed by atoms with van der Waals surface area (Å²) in [4.78, 5) is 36.1. The maximum Gasteiger partial charge on any atom is 0.368 e. The van der Waals surface area contributed by atoms with Crippen LogP contribution in [-0.2, 0) is 11.3 Å². The Morgan fingerprint density at radius 2 is 1.68 bits per heavy atom. The fraction of sp³-hybridized carbons (Fsp3) is 0.118. The number of benzene rings is 2. The number of amides is 1. The second-order valence-corrected chi connectivity index (χ2v) is 5.32. The van der Waals surface area contributed by atoms with Crippen LogP contribution in [0, 0.1) is 0 Å². The van der Waals surface area contributed by atoms with Gasteiger partial charge in [0.2, 0.25) is 5.91 Å². The first-order valence-electron chi connectivity index (χ1n) is 7.54. The summed E-state index contributed by atoms with van der Waals surface area (Å²) in [6.07, 6.45) is 0. The molecule has 0 saturated heterocycles. The van der Waals surface area contributed by atoms with Gasteiger partial charge in [-0.2, -0.15) is 9.36 Å². The summed E-state index contributed by atoms with van der Waals surface area (Å²) in [5.41, 5.74) is 0.821. The van der Waals surface area contributed by atoms with E-state index in [9.17, 15) is 14.4 Å². The summed E-state index contributed by atoms with van der Waals surface area (Å²) >= 11 is 0. The Morgan fingerprint density at radius 1 is 1.00 bits per heavy atom. The van der Waals surface area contributed by atoms with E-state index >= 15 is 0 Å². The monoisotopic (exact) mass is 337 g/mol. The van der Waals surface area contributed by atoms with Gasteiger partial charge in [0.15, 0.2) is 5.78 Å². The Kier molecular flexibility index (Phi) is 4.51. The summed E-state index contributed by atoms with van der Waals surface area (Å²) in [6.45, 7) is 1.11. The van der Waals surface area contributed by atoms with E-state index in [-0.39, 0.29) is 12.3 Å². The van der Waals surface area contributed by atoms with Crippen LogP contribution in [0.4, 0.5) is 5.69 Å². The van der Waals surface area contributed by atoms with E-state index in [0.717, 1.165) is 9.36 Å². The van der Waals surface area contributed by atoms with Crippen LogP contribution in [0.5, 0.6) is 0 Å². The van der Waals surface area contributed by atoms with Crippen LogP contribution < -0.4 is 11.0 Å². The predicted molar refractivity (Wildman–Crippen MR) is 90.7 cm³/mol. The SMILES string of the molecule is CC(=O)c1ccccc1NC(=O)Cn1nnn(-c2ccccc2)c1=O. The molecule has 0 fully saturated rings. The zero-order valence-corrected chi connectivity index (χ0v) is 13.4. The summed E-state index contributed by atoms with van der Waals surface area (Å²) in [5, 5.41) is 10.1. The van der Waals surface area contributed by atoms with Gasteiger partial charge in [0.25, 0.3) is 0 Å². The lowest BCUT2D eigenvalue weighted by Gasteiger charge is -2.08. The fourth-order valence-electron chi connectivity index (χ4n) is 2.33. The topological polar surface area (TPSA) is 98.9 Å². The Balaban J connectivity index is 1.78. The van der Waals surface area contributed by atoms with Crippen molar-refractivity contribution in [3.8, 4) is 5.69 Å². The van der Waals surface area contributed by atoms with E-state index in [0.29, 0.717) is 16.9 Å². The van der Waals surface area contributed by atoms with Gasteiger partial charge in [0.05, 0.1) is 11.4 Å². The molecule has 0 aliphatic carbocycles. The number of hydrogen-bond donors (Lipinski definition) is 1. The zero-order chi connectivity index (χ0) is 17.8. The van der Waals surface area contributed by atoms with Gasteiger partial charge < -0.3 is 5.32 Å². The quantitative estimate of drug-likeness (QED) is 0.707. The Labute approximate surface area is 142 Å². The average molecular weight is 337 g/mol. The van der Waals surface area contributed by atoms with Crippen molar-refractivity contribution in [1.29, 1.82) is 0 Å². The minimum absolute atomic E-state index is 0.164. The third kappa shape index (κ3) is 3.52. The van der Waals surface area contributed by atoms with Crippen LogP contribution >= 0.6 is 0 Å². The summed E-state index contributed by atoms with van der Waals surface area (Å²) in [6, 6.07) is 15.4. The maximum absolute atomic E-state index is 12.3. The molecule has 1 aromatic heterocycles. The van der Waals surface area contributed by atoms with Gasteiger partial charge in [-0.05, 0) is 41.6 Å². The summed E-state index contributed by atoms with van der Waals surface area (Å²) in [5.74, 6) is -0.640. The fourth-order valence-corrected chi connectivity index (χ4v) is 2.33. The molecule has 2 aromatic carbocycles. The van der Waals surface area contributed by atoms with Gasteiger partial charge >= 0.3 is 5.69 Å². The average Bonchev–Trinajstić information content (AvgIpc) is 2.96. The number of ketones is 1. The lowest BCUT2D eigenvalue weighted by molar-refractivity contribution is -0.117. The molecule has 8 heteroatoms. The number of aromatic nitrogens is 4. The molecule has 0 atom stereocenters. The number of carbonyl (C=O) groups is 2. The molecule has 0 unspecified atom stereocenters. The molecule has 126 valence electrons. The number of para-hydroxylation sites is 2. The van der Waals surface area contributed by atoms with Gasteiger partial charge in [-0.25, -0.2) is 4.79 Å². The van der Waals surface area contributed by atoms with Crippen molar-refractivity contribution in [2.45, 2.75) is 13.5 Å². The molecule has 1 N–H and O–H groups in total. The zero-order valence-electron chi connectivity index (χ0n) is 13.4. The molecule has 0 radical (unpaired) electrons. The minimum atomic E-state index is -0.527. The Bertz CT molecular complexity index is 975. The van der Waals surface area contributed by atoms with Crippen LogP contribution in [-0.4, -0.2) is 31.5 Å². The number of tetrazole rings is 1. The third-order valence-electron chi connectivity index (χ3n) is 3.51. The van der Waals surface area contributed by atoms with Crippen molar-refractivity contribution in [2.75, 3.05) is 5.32 Å². The normalized spacial score (nSPS) is 10.4. The highest BCUT2D eigenvalue weighted by Crippen LogP contribution is 2.15. The summed E-state index contributed by atoms with van der Waals surface area (Å²) < 4.78 is 2.06. The van der Waals surface area contributed by atoms with Crippen LogP contribution in [0.1, 0.15) is 17.3 Å². The second kappa shape index (κ2) is 6.91. The van der Waals surface area contributed by atoms with Crippen LogP contribution in [0.25, 0.3) is 5.69 Å². The highest BCUT2D eigenvalue weighted by molar-refractivity contribution is 6.03. The molecular formula is C17H15N5O3. The van der Waals surface area contributed by atoms with E-state index in [2.05, 4.69) is 15.7 Å². The minimum Gasteiger partial charge on any atom is -0.324 e. The van der Waals surface area contributed by atoms with Crippen molar-refractivity contribution in [3.05, 3.63) is 70.6 Å². The molecule has 3 aromatic rings. The van der Waals surface area contributed by atoms with Crippen molar-refractivity contribution in [1.82, 2.24) is 19.8 Å². The van der Waals surface area contributed by atoms with Crippen molar-refractivity contribution in [3.63, 3.8) is 0 Å². The van der Waals surface area contributed by atoms with E-state index in [4.69, 9.17) is 0 Å². The van der Waals surface area contributed by atoms with Gasteiger partial charge in [0.1, 0.15) is 6.54 Å². The molecule has 0 saturated carbocycles. The molecular weight excluding hydrogens is 322 g/mol. The molecule has 0 aliphatic heterocycles. The highest BCUT2D eigenvalue weighted by atomic mass is 16.2. The maximum atomic E-state index is 12.3. The molecule has 25 heavy (non-hydrogen) atoms. The second-order valence-electron chi connectivity index (χ2n) is 5.32. The lowest BCUT2D eigenvalue weighted by Crippen LogP contribution is -2.30. The molecule has 1 heterocycles. The summed E-state index contributed by atoms with van der Waals surface area (Å²) in [7, 11) is 0. The van der Waals surface area contributed by atoms with Gasteiger partial charge in [-0.1, -0.05) is 30.3 Å². The van der Waals surface area contributed by atoms with E-state index in [1.165, 1.54) is 6.92 Å². The van der Waals surface area contributed by atoms with Crippen molar-refractivity contribution in [2.24, 2.45) is 0 Å².